The molecule has 0 spiro atoms. The normalized spacial score (nSPS) is 23.2. The molecule has 1 unspecified atom stereocenters. The van der Waals surface area contributed by atoms with E-state index in [4.69, 9.17) is 5.73 Å². The first kappa shape index (κ1) is 22.5. The van der Waals surface area contributed by atoms with Gasteiger partial charge >= 0.3 is 0 Å². The summed E-state index contributed by atoms with van der Waals surface area (Å²) in [7, 11) is 1.85. The molecular formula is C18H36IN5O. The fourth-order valence-corrected chi connectivity index (χ4v) is 4.01. The molecule has 0 saturated carbocycles. The van der Waals surface area contributed by atoms with Crippen molar-refractivity contribution in [3.8, 4) is 0 Å². The van der Waals surface area contributed by atoms with Crippen LogP contribution in [0, 0.1) is 11.8 Å². The van der Waals surface area contributed by atoms with E-state index >= 15 is 0 Å². The zero-order valence-corrected chi connectivity index (χ0v) is 18.2. The zero-order valence-electron chi connectivity index (χ0n) is 15.9. The van der Waals surface area contributed by atoms with Gasteiger partial charge in [-0.15, -0.1) is 24.0 Å². The number of piperidine rings is 2. The van der Waals surface area contributed by atoms with Gasteiger partial charge in [0.1, 0.15) is 0 Å². The molecule has 146 valence electrons. The van der Waals surface area contributed by atoms with Crippen molar-refractivity contribution < 1.29 is 4.79 Å². The molecule has 2 saturated heterocycles. The molecule has 2 rings (SSSR count). The Hall–Kier alpha value is -0.570. The lowest BCUT2D eigenvalue weighted by atomic mass is 9.94. The van der Waals surface area contributed by atoms with E-state index in [1.54, 1.807) is 0 Å². The molecule has 6 nitrogen and oxygen atoms in total. The summed E-state index contributed by atoms with van der Waals surface area (Å²) in [5.41, 5.74) is 5.36. The number of guanidine groups is 1. The quantitative estimate of drug-likeness (QED) is 0.357. The van der Waals surface area contributed by atoms with Gasteiger partial charge in [0.15, 0.2) is 5.96 Å². The smallest absolute Gasteiger partial charge is 0.217 e. The van der Waals surface area contributed by atoms with Gasteiger partial charge in [-0.05, 0) is 63.6 Å². The maximum absolute atomic E-state index is 11.2. The lowest BCUT2D eigenvalue weighted by molar-refractivity contribution is -0.119. The second-order valence-corrected chi connectivity index (χ2v) is 7.34. The summed E-state index contributed by atoms with van der Waals surface area (Å²) in [6.07, 6.45) is 6.48. The Morgan fingerprint density at radius 2 is 1.92 bits per heavy atom. The summed E-state index contributed by atoms with van der Waals surface area (Å²) in [5, 5.41) is 3.57. The summed E-state index contributed by atoms with van der Waals surface area (Å²) < 4.78 is 0. The highest BCUT2D eigenvalue weighted by Crippen LogP contribution is 2.20. The topological polar surface area (TPSA) is 74.0 Å². The van der Waals surface area contributed by atoms with Gasteiger partial charge in [0.25, 0.3) is 0 Å². The van der Waals surface area contributed by atoms with Crippen molar-refractivity contribution in [1.82, 2.24) is 15.1 Å². The Kier molecular flexibility index (Phi) is 10.7. The number of hydrogen-bond acceptors (Lipinski definition) is 3. The van der Waals surface area contributed by atoms with Crippen molar-refractivity contribution in [1.29, 1.82) is 0 Å². The molecule has 2 aliphatic rings. The lowest BCUT2D eigenvalue weighted by Gasteiger charge is -2.36. The molecular weight excluding hydrogens is 429 g/mol. The van der Waals surface area contributed by atoms with Gasteiger partial charge in [-0.1, -0.05) is 6.92 Å². The van der Waals surface area contributed by atoms with Crippen LogP contribution in [0.5, 0.6) is 0 Å². The van der Waals surface area contributed by atoms with Gasteiger partial charge in [-0.2, -0.15) is 0 Å². The third-order valence-electron chi connectivity index (χ3n) is 5.32. The summed E-state index contributed by atoms with van der Waals surface area (Å²) >= 11 is 0. The number of amides is 1. The predicted molar refractivity (Wildman–Crippen MR) is 114 cm³/mol. The lowest BCUT2D eigenvalue weighted by Crippen LogP contribution is -2.49. The van der Waals surface area contributed by atoms with Crippen LogP contribution in [0.15, 0.2) is 4.99 Å². The Morgan fingerprint density at radius 1 is 1.20 bits per heavy atom. The minimum atomic E-state index is -0.191. The second-order valence-electron chi connectivity index (χ2n) is 7.34. The maximum Gasteiger partial charge on any atom is 0.217 e. The van der Waals surface area contributed by atoms with Gasteiger partial charge in [0.05, 0.1) is 0 Å². The first-order valence-electron chi connectivity index (χ1n) is 9.58. The molecule has 2 aliphatic heterocycles. The summed E-state index contributed by atoms with van der Waals surface area (Å²) in [6.45, 7) is 8.84. The predicted octanol–water partition coefficient (Wildman–Crippen LogP) is 1.89. The Bertz CT molecular complexity index is 424. The molecule has 0 aromatic rings. The standard InChI is InChI=1S/C18H35N5O.HI/c1-3-8-22-10-6-15(7-11-22)13-21-18(20-2)23-9-4-5-16(14-23)12-17(19)24;/h15-16H,3-14H2,1-2H3,(H2,19,24)(H,20,21);1H. The average Bonchev–Trinajstić information content (AvgIpc) is 2.57. The van der Waals surface area contributed by atoms with E-state index in [1.165, 1.54) is 38.9 Å². The number of nitrogens with zero attached hydrogens (tertiary/aromatic N) is 3. The molecule has 0 aromatic carbocycles. The summed E-state index contributed by atoms with van der Waals surface area (Å²) in [6, 6.07) is 0. The molecule has 0 aromatic heterocycles. The van der Waals surface area contributed by atoms with Crippen LogP contribution < -0.4 is 11.1 Å². The third kappa shape index (κ3) is 7.68. The summed E-state index contributed by atoms with van der Waals surface area (Å²) in [5.74, 6) is 1.90. The molecule has 1 amide bonds. The first-order chi connectivity index (χ1) is 11.6. The summed E-state index contributed by atoms with van der Waals surface area (Å²) in [4.78, 5) is 20.5. The molecule has 7 heteroatoms. The van der Waals surface area contributed by atoms with Crippen molar-refractivity contribution in [2.45, 2.75) is 45.4 Å². The second kappa shape index (κ2) is 11.9. The number of nitrogens with one attached hydrogen (secondary N) is 1. The average molecular weight is 465 g/mol. The molecule has 0 aliphatic carbocycles. The number of halogens is 1. The van der Waals surface area contributed by atoms with Gasteiger partial charge in [-0.25, -0.2) is 0 Å². The Balaban J connectivity index is 0.00000312. The molecule has 3 N–H and O–H groups in total. The van der Waals surface area contributed by atoms with E-state index < -0.39 is 0 Å². The van der Waals surface area contributed by atoms with Crippen LogP contribution in [0.1, 0.15) is 45.4 Å². The van der Waals surface area contributed by atoms with Crippen molar-refractivity contribution in [2.75, 3.05) is 46.3 Å². The van der Waals surface area contributed by atoms with Crippen molar-refractivity contribution in [3.05, 3.63) is 0 Å². The Labute approximate surface area is 170 Å². The third-order valence-corrected chi connectivity index (χ3v) is 5.32. The van der Waals surface area contributed by atoms with Crippen molar-refractivity contribution in [2.24, 2.45) is 22.6 Å². The minimum Gasteiger partial charge on any atom is -0.370 e. The minimum absolute atomic E-state index is 0. The molecule has 25 heavy (non-hydrogen) atoms. The number of carbonyl (C=O) groups is 1. The number of likely N-dealkylation sites (tertiary alicyclic amines) is 2. The molecule has 2 fully saturated rings. The molecule has 2 heterocycles. The van der Waals surface area contributed by atoms with Crippen LogP contribution in [-0.4, -0.2) is 68.0 Å². The van der Waals surface area contributed by atoms with Crippen LogP contribution in [0.4, 0.5) is 0 Å². The molecule has 0 bridgehead atoms. The fraction of sp³-hybridized carbons (Fsp3) is 0.889. The number of primary amides is 1. The Morgan fingerprint density at radius 3 is 2.52 bits per heavy atom. The van der Waals surface area contributed by atoms with Gasteiger partial charge in [-0.3, -0.25) is 9.79 Å². The number of rotatable bonds is 6. The van der Waals surface area contributed by atoms with E-state index in [2.05, 4.69) is 27.0 Å². The maximum atomic E-state index is 11.2. The largest absolute Gasteiger partial charge is 0.370 e. The van der Waals surface area contributed by atoms with E-state index in [1.807, 2.05) is 7.05 Å². The first-order valence-corrected chi connectivity index (χ1v) is 9.58. The number of carbonyl (C=O) groups excluding carboxylic acids is 1. The fourth-order valence-electron chi connectivity index (χ4n) is 4.01. The zero-order chi connectivity index (χ0) is 17.4. The highest BCUT2D eigenvalue weighted by atomic mass is 127. The number of nitrogens with two attached hydrogens (primary N) is 1. The van der Waals surface area contributed by atoms with Crippen molar-refractivity contribution >= 4 is 35.8 Å². The number of hydrogen-bond donors (Lipinski definition) is 2. The van der Waals surface area contributed by atoms with Crippen molar-refractivity contribution in [3.63, 3.8) is 0 Å². The van der Waals surface area contributed by atoms with Gasteiger partial charge < -0.3 is 20.9 Å². The number of aliphatic imine (C=N–C) groups is 1. The van der Waals surface area contributed by atoms with Crippen LogP contribution in [0.2, 0.25) is 0 Å². The van der Waals surface area contributed by atoms with Gasteiger partial charge in [0.2, 0.25) is 5.91 Å². The van der Waals surface area contributed by atoms with E-state index in [-0.39, 0.29) is 29.9 Å². The molecule has 1 atom stereocenters. The van der Waals surface area contributed by atoms with E-state index in [0.29, 0.717) is 12.3 Å². The van der Waals surface area contributed by atoms with E-state index in [0.717, 1.165) is 44.4 Å². The van der Waals surface area contributed by atoms with Crippen LogP contribution in [0.25, 0.3) is 0 Å². The highest BCUT2D eigenvalue weighted by Gasteiger charge is 2.24. The SMILES string of the molecule is CCCN1CCC(CNC(=NC)N2CCCC(CC(N)=O)C2)CC1.I. The van der Waals surface area contributed by atoms with Crippen LogP contribution in [-0.2, 0) is 4.79 Å². The highest BCUT2D eigenvalue weighted by molar-refractivity contribution is 14.0. The van der Waals surface area contributed by atoms with Crippen LogP contribution >= 0.6 is 24.0 Å². The molecule has 0 radical (unpaired) electrons. The van der Waals surface area contributed by atoms with Gasteiger partial charge in [0, 0.05) is 33.1 Å². The van der Waals surface area contributed by atoms with Crippen LogP contribution in [0.3, 0.4) is 0 Å². The monoisotopic (exact) mass is 465 g/mol. The van der Waals surface area contributed by atoms with E-state index in [9.17, 15) is 4.79 Å².